The minimum atomic E-state index is -0.0748. The van der Waals surface area contributed by atoms with Crippen molar-refractivity contribution in [2.75, 3.05) is 14.1 Å². The molecule has 2 rings (SSSR count). The molecule has 2 aromatic rings. The Morgan fingerprint density at radius 2 is 2.00 bits per heavy atom. The van der Waals surface area contributed by atoms with E-state index in [-0.39, 0.29) is 5.91 Å². The number of hydrogen-bond acceptors (Lipinski definition) is 5. The smallest absolute Gasteiger partial charge is 0.251 e. The van der Waals surface area contributed by atoms with Gasteiger partial charge in [0, 0.05) is 25.6 Å². The van der Waals surface area contributed by atoms with Crippen molar-refractivity contribution in [2.24, 2.45) is 0 Å². The first-order valence-electron chi connectivity index (χ1n) is 7.43. The number of benzene rings is 1. The topological polar surface area (TPSA) is 71.3 Å². The van der Waals surface area contributed by atoms with E-state index in [0.717, 1.165) is 30.8 Å². The zero-order valence-electron chi connectivity index (χ0n) is 13.3. The van der Waals surface area contributed by atoms with E-state index in [1.807, 2.05) is 31.3 Å². The van der Waals surface area contributed by atoms with Crippen LogP contribution in [0.25, 0.3) is 0 Å². The van der Waals surface area contributed by atoms with E-state index >= 15 is 0 Å². The monoisotopic (exact) mass is 302 g/mol. The van der Waals surface area contributed by atoms with Crippen LogP contribution in [0.5, 0.6) is 0 Å². The Balaban J connectivity index is 1.90. The molecule has 22 heavy (non-hydrogen) atoms. The summed E-state index contributed by atoms with van der Waals surface area (Å²) in [6.45, 7) is 3.44. The van der Waals surface area contributed by atoms with Crippen LogP contribution in [0.2, 0.25) is 0 Å². The van der Waals surface area contributed by atoms with E-state index in [1.165, 1.54) is 0 Å². The van der Waals surface area contributed by atoms with Crippen LogP contribution < -0.4 is 5.32 Å². The SMILES string of the molecule is CCCc1noc(CN(C)Cc2ccc(C(=O)NC)cc2)n1. The minimum absolute atomic E-state index is 0.0748. The Morgan fingerprint density at radius 1 is 1.27 bits per heavy atom. The van der Waals surface area contributed by atoms with Gasteiger partial charge < -0.3 is 9.84 Å². The molecular weight excluding hydrogens is 280 g/mol. The maximum atomic E-state index is 11.5. The molecule has 1 N–H and O–H groups in total. The second-order valence-corrected chi connectivity index (χ2v) is 5.30. The van der Waals surface area contributed by atoms with Crippen molar-refractivity contribution in [1.82, 2.24) is 20.4 Å². The number of rotatable bonds is 7. The molecule has 1 aromatic heterocycles. The van der Waals surface area contributed by atoms with Gasteiger partial charge in [-0.1, -0.05) is 24.2 Å². The maximum absolute atomic E-state index is 11.5. The summed E-state index contributed by atoms with van der Waals surface area (Å²) in [5.41, 5.74) is 1.79. The van der Waals surface area contributed by atoms with Crippen LogP contribution in [0.4, 0.5) is 0 Å². The van der Waals surface area contributed by atoms with Gasteiger partial charge in [-0.05, 0) is 31.2 Å². The fourth-order valence-electron chi connectivity index (χ4n) is 2.18. The number of aromatic nitrogens is 2. The lowest BCUT2D eigenvalue weighted by molar-refractivity contribution is 0.0963. The Bertz CT molecular complexity index is 607. The average Bonchev–Trinajstić information content (AvgIpc) is 2.94. The van der Waals surface area contributed by atoms with Crippen molar-refractivity contribution in [1.29, 1.82) is 0 Å². The molecule has 0 saturated heterocycles. The summed E-state index contributed by atoms with van der Waals surface area (Å²) < 4.78 is 5.23. The van der Waals surface area contributed by atoms with Gasteiger partial charge in [-0.25, -0.2) is 0 Å². The maximum Gasteiger partial charge on any atom is 0.251 e. The first kappa shape index (κ1) is 16.2. The van der Waals surface area contributed by atoms with Crippen LogP contribution in [0.1, 0.15) is 41.0 Å². The molecule has 1 aromatic carbocycles. The molecule has 0 bridgehead atoms. The van der Waals surface area contributed by atoms with Gasteiger partial charge in [0.15, 0.2) is 5.82 Å². The van der Waals surface area contributed by atoms with Crippen molar-refractivity contribution in [2.45, 2.75) is 32.9 Å². The van der Waals surface area contributed by atoms with Crippen LogP contribution in [0.15, 0.2) is 28.8 Å². The first-order chi connectivity index (χ1) is 10.6. The molecule has 0 aliphatic heterocycles. The van der Waals surface area contributed by atoms with Gasteiger partial charge >= 0.3 is 0 Å². The highest BCUT2D eigenvalue weighted by molar-refractivity contribution is 5.93. The standard InChI is InChI=1S/C16H22N4O2/c1-4-5-14-18-15(22-19-14)11-20(3)10-12-6-8-13(9-7-12)16(21)17-2/h6-9H,4-5,10-11H2,1-3H3,(H,17,21). The molecule has 0 fully saturated rings. The molecule has 6 nitrogen and oxygen atoms in total. The third-order valence-corrected chi connectivity index (χ3v) is 3.28. The van der Waals surface area contributed by atoms with E-state index in [0.29, 0.717) is 18.0 Å². The minimum Gasteiger partial charge on any atom is -0.355 e. The predicted octanol–water partition coefficient (Wildman–Crippen LogP) is 2.01. The van der Waals surface area contributed by atoms with E-state index < -0.39 is 0 Å². The number of aryl methyl sites for hydroxylation is 1. The number of amides is 1. The normalized spacial score (nSPS) is 10.9. The predicted molar refractivity (Wildman–Crippen MR) is 83.3 cm³/mol. The summed E-state index contributed by atoms with van der Waals surface area (Å²) in [4.78, 5) is 17.9. The highest BCUT2D eigenvalue weighted by atomic mass is 16.5. The molecule has 1 heterocycles. The van der Waals surface area contributed by atoms with Gasteiger partial charge in [-0.2, -0.15) is 4.98 Å². The van der Waals surface area contributed by atoms with E-state index in [4.69, 9.17) is 4.52 Å². The molecule has 118 valence electrons. The second-order valence-electron chi connectivity index (χ2n) is 5.30. The number of hydrogen-bond donors (Lipinski definition) is 1. The molecule has 0 saturated carbocycles. The summed E-state index contributed by atoms with van der Waals surface area (Å²) >= 11 is 0. The van der Waals surface area contributed by atoms with Crippen molar-refractivity contribution < 1.29 is 9.32 Å². The Hall–Kier alpha value is -2.21. The molecule has 0 aliphatic rings. The van der Waals surface area contributed by atoms with Gasteiger partial charge in [-0.3, -0.25) is 9.69 Å². The second kappa shape index (κ2) is 7.70. The summed E-state index contributed by atoms with van der Waals surface area (Å²) in [5.74, 6) is 1.32. The third kappa shape index (κ3) is 4.39. The molecule has 0 spiro atoms. The summed E-state index contributed by atoms with van der Waals surface area (Å²) in [5, 5.41) is 6.56. The molecule has 0 radical (unpaired) electrons. The lowest BCUT2D eigenvalue weighted by Gasteiger charge is -2.14. The number of nitrogens with one attached hydrogen (secondary N) is 1. The lowest BCUT2D eigenvalue weighted by Crippen LogP contribution is -2.19. The van der Waals surface area contributed by atoms with Crippen LogP contribution in [-0.4, -0.2) is 35.0 Å². The van der Waals surface area contributed by atoms with Gasteiger partial charge in [0.2, 0.25) is 5.89 Å². The van der Waals surface area contributed by atoms with Crippen LogP contribution >= 0.6 is 0 Å². The van der Waals surface area contributed by atoms with E-state index in [2.05, 4.69) is 27.3 Å². The Kier molecular flexibility index (Phi) is 5.66. The molecular formula is C16H22N4O2. The van der Waals surface area contributed by atoms with E-state index in [1.54, 1.807) is 7.05 Å². The van der Waals surface area contributed by atoms with Crippen LogP contribution in [-0.2, 0) is 19.5 Å². The van der Waals surface area contributed by atoms with Crippen molar-refractivity contribution in [3.63, 3.8) is 0 Å². The van der Waals surface area contributed by atoms with Gasteiger partial charge in [0.25, 0.3) is 5.91 Å². The molecule has 6 heteroatoms. The van der Waals surface area contributed by atoms with E-state index in [9.17, 15) is 4.79 Å². The number of nitrogens with zero attached hydrogens (tertiary/aromatic N) is 3. The zero-order valence-corrected chi connectivity index (χ0v) is 13.3. The zero-order chi connectivity index (χ0) is 15.9. The highest BCUT2D eigenvalue weighted by Gasteiger charge is 2.09. The van der Waals surface area contributed by atoms with Gasteiger partial charge in [-0.15, -0.1) is 0 Å². The van der Waals surface area contributed by atoms with Crippen molar-refractivity contribution >= 4 is 5.91 Å². The average molecular weight is 302 g/mol. The van der Waals surface area contributed by atoms with Gasteiger partial charge in [0.1, 0.15) is 0 Å². The molecule has 0 unspecified atom stereocenters. The summed E-state index contributed by atoms with van der Waals surface area (Å²) in [7, 11) is 3.62. The first-order valence-corrected chi connectivity index (χ1v) is 7.43. The summed E-state index contributed by atoms with van der Waals surface area (Å²) in [6, 6.07) is 7.57. The third-order valence-electron chi connectivity index (χ3n) is 3.28. The van der Waals surface area contributed by atoms with Gasteiger partial charge in [0.05, 0.1) is 6.54 Å². The Morgan fingerprint density at radius 3 is 2.64 bits per heavy atom. The molecule has 0 atom stereocenters. The highest BCUT2D eigenvalue weighted by Crippen LogP contribution is 2.09. The number of carbonyl (C=O) groups excluding carboxylic acids is 1. The lowest BCUT2D eigenvalue weighted by atomic mass is 10.1. The quantitative estimate of drug-likeness (QED) is 0.847. The fraction of sp³-hybridized carbons (Fsp3) is 0.438. The summed E-state index contributed by atoms with van der Waals surface area (Å²) in [6.07, 6.45) is 1.85. The van der Waals surface area contributed by atoms with Crippen LogP contribution in [0.3, 0.4) is 0 Å². The van der Waals surface area contributed by atoms with Crippen LogP contribution in [0, 0.1) is 0 Å². The Labute approximate surface area is 130 Å². The molecule has 0 aliphatic carbocycles. The number of carbonyl (C=O) groups is 1. The van der Waals surface area contributed by atoms with Crippen molar-refractivity contribution in [3.8, 4) is 0 Å². The molecule has 1 amide bonds. The fourth-order valence-corrected chi connectivity index (χ4v) is 2.18. The largest absolute Gasteiger partial charge is 0.355 e. The van der Waals surface area contributed by atoms with Crippen molar-refractivity contribution in [3.05, 3.63) is 47.1 Å².